The molecule has 1 amide bonds. The first kappa shape index (κ1) is 17.6. The highest BCUT2D eigenvalue weighted by molar-refractivity contribution is 5.93. The van der Waals surface area contributed by atoms with Crippen molar-refractivity contribution in [3.63, 3.8) is 0 Å². The van der Waals surface area contributed by atoms with Gasteiger partial charge in [0.25, 0.3) is 0 Å². The standard InChI is InChI=1S/C24H17NO4/c1-23(27)16-10-3-2-7-15-20-21-24(23,29-21)18-13-8-9-14-19(18)25(20)22(26)28-17-11-5-4-6-12-17/h2-6,8-9,11-14,20-21,27H,1H3/b3-2-/t20-,21+,23-,24+/m0/s1. The molecule has 142 valence electrons. The number of carbonyl (C=O) groups excluding carboxylic acids is 1. The Balaban J connectivity index is 1.66. The molecule has 5 heteroatoms. The number of benzene rings is 2. The molecule has 0 radical (unpaired) electrons. The van der Waals surface area contributed by atoms with Crippen molar-refractivity contribution in [2.24, 2.45) is 0 Å². The summed E-state index contributed by atoms with van der Waals surface area (Å²) in [6.45, 7) is 1.63. The molecule has 1 fully saturated rings. The van der Waals surface area contributed by atoms with Crippen molar-refractivity contribution in [2.75, 3.05) is 4.90 Å². The Morgan fingerprint density at radius 1 is 1.10 bits per heavy atom. The van der Waals surface area contributed by atoms with Crippen LogP contribution in [0.15, 0.2) is 66.7 Å². The first-order valence-electron chi connectivity index (χ1n) is 9.29. The zero-order valence-corrected chi connectivity index (χ0v) is 15.6. The first-order valence-corrected chi connectivity index (χ1v) is 9.29. The maximum Gasteiger partial charge on any atom is 0.420 e. The summed E-state index contributed by atoms with van der Waals surface area (Å²) in [7, 11) is 0. The number of nitrogens with zero attached hydrogens (tertiary/aromatic N) is 1. The van der Waals surface area contributed by atoms with Gasteiger partial charge in [-0.05, 0) is 37.3 Å². The van der Waals surface area contributed by atoms with Gasteiger partial charge in [0.2, 0.25) is 0 Å². The van der Waals surface area contributed by atoms with E-state index in [-0.39, 0.29) is 0 Å². The summed E-state index contributed by atoms with van der Waals surface area (Å²) in [5.41, 5.74) is -1.22. The number of epoxide rings is 1. The first-order chi connectivity index (χ1) is 14.0. The number of rotatable bonds is 1. The monoisotopic (exact) mass is 383 g/mol. The molecule has 0 aromatic heterocycles. The Kier molecular flexibility index (Phi) is 3.79. The van der Waals surface area contributed by atoms with Crippen LogP contribution in [0.25, 0.3) is 0 Å². The molecule has 0 spiro atoms. The largest absolute Gasteiger partial charge is 0.420 e. The van der Waals surface area contributed by atoms with Crippen LogP contribution in [0.2, 0.25) is 0 Å². The molecular weight excluding hydrogens is 366 g/mol. The van der Waals surface area contributed by atoms with Crippen LogP contribution in [0, 0.1) is 23.7 Å². The van der Waals surface area contributed by atoms with Crippen LogP contribution in [0.4, 0.5) is 10.5 Å². The van der Waals surface area contributed by atoms with Crippen LogP contribution in [0.3, 0.4) is 0 Å². The van der Waals surface area contributed by atoms with Gasteiger partial charge >= 0.3 is 6.09 Å². The molecule has 1 aliphatic carbocycles. The molecule has 2 aromatic carbocycles. The lowest BCUT2D eigenvalue weighted by molar-refractivity contribution is 0.0265. The van der Waals surface area contributed by atoms with E-state index in [0.717, 1.165) is 0 Å². The summed E-state index contributed by atoms with van der Waals surface area (Å²) in [4.78, 5) is 14.7. The maximum atomic E-state index is 13.2. The van der Waals surface area contributed by atoms with Crippen molar-refractivity contribution in [3.8, 4) is 29.4 Å². The molecule has 2 heterocycles. The molecule has 1 saturated heterocycles. The van der Waals surface area contributed by atoms with E-state index in [4.69, 9.17) is 9.47 Å². The van der Waals surface area contributed by atoms with Gasteiger partial charge in [0.05, 0.1) is 5.69 Å². The average molecular weight is 383 g/mol. The van der Waals surface area contributed by atoms with Gasteiger partial charge in [0.15, 0.2) is 11.2 Å². The number of allylic oxidation sites excluding steroid dienone is 2. The number of hydrogen-bond acceptors (Lipinski definition) is 4. The third kappa shape index (κ3) is 2.57. The Morgan fingerprint density at radius 2 is 1.83 bits per heavy atom. The molecule has 5 nitrogen and oxygen atoms in total. The molecule has 0 unspecified atom stereocenters. The number of amides is 1. The van der Waals surface area contributed by atoms with Crippen LogP contribution in [0.1, 0.15) is 12.5 Å². The van der Waals surface area contributed by atoms with E-state index in [2.05, 4.69) is 23.7 Å². The summed E-state index contributed by atoms with van der Waals surface area (Å²) in [6.07, 6.45) is 2.09. The lowest BCUT2D eigenvalue weighted by Gasteiger charge is -2.38. The van der Waals surface area contributed by atoms with Crippen molar-refractivity contribution in [1.82, 2.24) is 0 Å². The number of ether oxygens (including phenoxy) is 2. The van der Waals surface area contributed by atoms with Crippen molar-refractivity contribution in [2.45, 2.75) is 30.3 Å². The van der Waals surface area contributed by atoms with Crippen molar-refractivity contribution < 1.29 is 19.4 Å². The Morgan fingerprint density at radius 3 is 2.66 bits per heavy atom. The highest BCUT2D eigenvalue weighted by atomic mass is 16.6. The molecule has 4 atom stereocenters. The summed E-state index contributed by atoms with van der Waals surface area (Å²) in [6, 6.07) is 15.6. The normalized spacial score (nSPS) is 31.6. The summed E-state index contributed by atoms with van der Waals surface area (Å²) >= 11 is 0. The van der Waals surface area contributed by atoms with E-state index in [1.807, 2.05) is 24.3 Å². The molecule has 5 rings (SSSR count). The van der Waals surface area contributed by atoms with E-state index >= 15 is 0 Å². The second-order valence-corrected chi connectivity index (χ2v) is 7.25. The molecule has 29 heavy (non-hydrogen) atoms. The third-order valence-corrected chi connectivity index (χ3v) is 5.45. The number of carbonyl (C=O) groups is 1. The van der Waals surface area contributed by atoms with Crippen molar-refractivity contribution in [1.29, 1.82) is 0 Å². The smallest absolute Gasteiger partial charge is 0.410 e. The predicted octanol–water partition coefficient (Wildman–Crippen LogP) is 3.00. The average Bonchev–Trinajstić information content (AvgIpc) is 3.49. The second kappa shape index (κ2) is 6.25. The minimum absolute atomic E-state index is 0.439. The van der Waals surface area contributed by atoms with Crippen LogP contribution >= 0.6 is 0 Å². The highest BCUT2D eigenvalue weighted by Gasteiger charge is 2.74. The lowest BCUT2D eigenvalue weighted by atomic mass is 9.75. The second-order valence-electron chi connectivity index (χ2n) is 7.25. The minimum Gasteiger partial charge on any atom is -0.410 e. The zero-order chi connectivity index (χ0) is 20.1. The summed E-state index contributed by atoms with van der Waals surface area (Å²) < 4.78 is 11.7. The number of para-hydroxylation sites is 2. The van der Waals surface area contributed by atoms with E-state index in [1.165, 1.54) is 4.90 Å². The fraction of sp³-hybridized carbons (Fsp3) is 0.208. The van der Waals surface area contributed by atoms with E-state index in [9.17, 15) is 9.90 Å². The van der Waals surface area contributed by atoms with E-state index in [1.54, 1.807) is 49.4 Å². The topological polar surface area (TPSA) is 62.3 Å². The molecule has 2 aliphatic heterocycles. The Labute approximate surface area is 168 Å². The van der Waals surface area contributed by atoms with Gasteiger partial charge in [-0.15, -0.1) is 0 Å². The summed E-state index contributed by atoms with van der Waals surface area (Å²) in [5.74, 6) is 12.2. The maximum absolute atomic E-state index is 13.2. The number of hydrogen-bond donors (Lipinski definition) is 1. The SMILES string of the molecule is C[C@]1(O)C#C/C=C\C#C[C@H]2[C@H]3O[C@]31c1ccccc1N2C(=O)Oc1ccccc1. The minimum atomic E-state index is -1.45. The Bertz CT molecular complexity index is 1150. The van der Waals surface area contributed by atoms with E-state index < -0.39 is 29.4 Å². The van der Waals surface area contributed by atoms with Crippen LogP contribution in [-0.4, -0.2) is 28.9 Å². The van der Waals surface area contributed by atoms with Crippen molar-refractivity contribution in [3.05, 3.63) is 72.3 Å². The molecule has 0 saturated carbocycles. The Hall–Kier alpha value is -3.51. The fourth-order valence-corrected chi connectivity index (χ4v) is 4.09. The van der Waals surface area contributed by atoms with Crippen LogP contribution in [0.5, 0.6) is 5.75 Å². The quantitative estimate of drug-likeness (QED) is 0.608. The van der Waals surface area contributed by atoms with Gasteiger partial charge in [-0.1, -0.05) is 60.1 Å². The predicted molar refractivity (Wildman–Crippen MR) is 107 cm³/mol. The molecule has 3 aliphatic rings. The van der Waals surface area contributed by atoms with Gasteiger partial charge in [-0.25, -0.2) is 4.79 Å². The number of fused-ring (bicyclic) bond motifs is 1. The highest BCUT2D eigenvalue weighted by Crippen LogP contribution is 2.61. The van der Waals surface area contributed by atoms with Crippen LogP contribution in [-0.2, 0) is 10.3 Å². The van der Waals surface area contributed by atoms with E-state index in [0.29, 0.717) is 17.0 Å². The molecule has 1 N–H and O–H groups in total. The van der Waals surface area contributed by atoms with Crippen molar-refractivity contribution >= 4 is 11.8 Å². The zero-order valence-electron chi connectivity index (χ0n) is 15.6. The number of aliphatic hydroxyl groups is 1. The lowest BCUT2D eigenvalue weighted by Crippen LogP contribution is -2.54. The molecule has 2 bridgehead atoms. The number of anilines is 1. The molecular formula is C24H17NO4. The molecule has 2 aromatic rings. The van der Waals surface area contributed by atoms with Gasteiger partial charge in [0, 0.05) is 5.56 Å². The van der Waals surface area contributed by atoms with Gasteiger partial charge in [-0.2, -0.15) is 0 Å². The summed E-state index contributed by atoms with van der Waals surface area (Å²) in [5, 5.41) is 11.2. The third-order valence-electron chi connectivity index (χ3n) is 5.45. The van der Waals surface area contributed by atoms with Gasteiger partial charge in [0.1, 0.15) is 17.9 Å². The van der Waals surface area contributed by atoms with Gasteiger partial charge in [-0.3, -0.25) is 4.90 Å². The van der Waals surface area contributed by atoms with Gasteiger partial charge < -0.3 is 14.6 Å². The fourth-order valence-electron chi connectivity index (χ4n) is 4.09. The van der Waals surface area contributed by atoms with Crippen LogP contribution < -0.4 is 9.64 Å².